The maximum absolute atomic E-state index is 13.7. The largest absolute Gasteiger partial charge is 0.489 e. The third-order valence-corrected chi connectivity index (χ3v) is 5.01. The smallest absolute Gasteiger partial charge is 0.453 e. The molecule has 0 fully saturated rings. The third kappa shape index (κ3) is 4.69. The van der Waals surface area contributed by atoms with Crippen LogP contribution in [0.15, 0.2) is 75.9 Å². The molecular formula is C23H13Cl2F3O4. The molecule has 164 valence electrons. The maximum atomic E-state index is 13.7. The Balaban J connectivity index is 1.73. The minimum atomic E-state index is -4.98. The molecule has 0 radical (unpaired) electrons. The Bertz CT molecular complexity index is 1330. The predicted octanol–water partition coefficient (Wildman–Crippen LogP) is 7.49. The van der Waals surface area contributed by atoms with Gasteiger partial charge >= 0.3 is 6.18 Å². The van der Waals surface area contributed by atoms with Crippen molar-refractivity contribution in [2.45, 2.75) is 12.8 Å². The Morgan fingerprint density at radius 1 is 0.938 bits per heavy atom. The van der Waals surface area contributed by atoms with E-state index in [1.165, 1.54) is 36.4 Å². The normalized spacial score (nSPS) is 11.5. The molecule has 0 atom stereocenters. The number of rotatable bonds is 5. The zero-order valence-corrected chi connectivity index (χ0v) is 17.6. The first-order chi connectivity index (χ1) is 15.2. The molecule has 0 saturated heterocycles. The molecule has 0 spiro atoms. The average molecular weight is 481 g/mol. The molecule has 4 aromatic rings. The fraction of sp³-hybridized carbons (Fsp3) is 0.0870. The van der Waals surface area contributed by atoms with Gasteiger partial charge in [0.25, 0.3) is 5.76 Å². The standard InChI is InChI=1S/C23H13Cl2F3O4/c24-14-7-5-13(6-8-14)12-30-15-9-10-16-19(11-15)32-22(23(26,27)28)21(20(16)29)31-18-4-2-1-3-17(18)25/h1-11H,12H2. The third-order valence-electron chi connectivity index (χ3n) is 4.45. The van der Waals surface area contributed by atoms with Gasteiger partial charge in [0.15, 0.2) is 0 Å². The first-order valence-corrected chi connectivity index (χ1v) is 9.95. The molecule has 0 bridgehead atoms. The van der Waals surface area contributed by atoms with Gasteiger partial charge in [0.1, 0.15) is 23.7 Å². The van der Waals surface area contributed by atoms with Gasteiger partial charge in [-0.05, 0) is 42.0 Å². The average Bonchev–Trinajstić information content (AvgIpc) is 2.75. The lowest BCUT2D eigenvalue weighted by Gasteiger charge is -2.14. The van der Waals surface area contributed by atoms with E-state index in [2.05, 4.69) is 0 Å². The van der Waals surface area contributed by atoms with Crippen LogP contribution in [-0.2, 0) is 12.8 Å². The monoisotopic (exact) mass is 480 g/mol. The molecule has 1 aromatic heterocycles. The second kappa shape index (κ2) is 8.76. The van der Waals surface area contributed by atoms with Gasteiger partial charge in [0.05, 0.1) is 10.4 Å². The van der Waals surface area contributed by atoms with E-state index in [0.717, 1.165) is 5.56 Å². The van der Waals surface area contributed by atoms with Gasteiger partial charge < -0.3 is 13.9 Å². The van der Waals surface area contributed by atoms with Crippen molar-refractivity contribution in [1.29, 1.82) is 0 Å². The van der Waals surface area contributed by atoms with Gasteiger partial charge in [-0.15, -0.1) is 0 Å². The Kier molecular flexibility index (Phi) is 6.04. The van der Waals surface area contributed by atoms with Gasteiger partial charge in [-0.3, -0.25) is 4.79 Å². The Labute approximate surface area is 189 Å². The number of hydrogen-bond donors (Lipinski definition) is 0. The summed E-state index contributed by atoms with van der Waals surface area (Å²) in [4.78, 5) is 12.9. The van der Waals surface area contributed by atoms with Gasteiger partial charge in [0.2, 0.25) is 11.2 Å². The van der Waals surface area contributed by atoms with Crippen molar-refractivity contribution in [3.63, 3.8) is 0 Å². The first kappa shape index (κ1) is 22.0. The molecule has 4 nitrogen and oxygen atoms in total. The second-order valence-electron chi connectivity index (χ2n) is 6.69. The van der Waals surface area contributed by atoms with Gasteiger partial charge in [-0.25, -0.2) is 0 Å². The zero-order chi connectivity index (χ0) is 22.9. The van der Waals surface area contributed by atoms with Crippen molar-refractivity contribution in [1.82, 2.24) is 0 Å². The number of benzene rings is 3. The van der Waals surface area contributed by atoms with E-state index in [1.807, 2.05) is 0 Å². The molecule has 3 aromatic carbocycles. The first-order valence-electron chi connectivity index (χ1n) is 9.20. The van der Waals surface area contributed by atoms with Crippen molar-refractivity contribution in [3.8, 4) is 17.2 Å². The van der Waals surface area contributed by atoms with Crippen molar-refractivity contribution < 1.29 is 27.1 Å². The molecule has 9 heteroatoms. The lowest BCUT2D eigenvalue weighted by atomic mass is 10.2. The fourth-order valence-electron chi connectivity index (χ4n) is 2.91. The summed E-state index contributed by atoms with van der Waals surface area (Å²) in [6.07, 6.45) is -4.98. The summed E-state index contributed by atoms with van der Waals surface area (Å²) in [5, 5.41) is 0.515. The van der Waals surface area contributed by atoms with E-state index in [4.69, 9.17) is 37.1 Å². The van der Waals surface area contributed by atoms with Crippen molar-refractivity contribution in [3.05, 3.63) is 98.3 Å². The van der Waals surface area contributed by atoms with Gasteiger partial charge in [-0.1, -0.05) is 47.5 Å². The molecule has 0 aliphatic rings. The van der Waals surface area contributed by atoms with Crippen LogP contribution < -0.4 is 14.9 Å². The van der Waals surface area contributed by atoms with E-state index >= 15 is 0 Å². The van der Waals surface area contributed by atoms with Crippen LogP contribution in [0, 0.1) is 0 Å². The molecule has 1 heterocycles. The van der Waals surface area contributed by atoms with E-state index in [0.29, 0.717) is 5.02 Å². The van der Waals surface area contributed by atoms with Crippen LogP contribution in [0.3, 0.4) is 0 Å². The molecular weight excluding hydrogens is 468 g/mol. The maximum Gasteiger partial charge on any atom is 0.453 e. The highest BCUT2D eigenvalue weighted by Crippen LogP contribution is 2.39. The molecule has 0 aliphatic heterocycles. The van der Waals surface area contributed by atoms with Crippen LogP contribution in [0.4, 0.5) is 13.2 Å². The summed E-state index contributed by atoms with van der Waals surface area (Å²) in [6.45, 7) is 0.146. The number of fused-ring (bicyclic) bond motifs is 1. The van der Waals surface area contributed by atoms with Crippen molar-refractivity contribution >= 4 is 34.2 Å². The van der Waals surface area contributed by atoms with E-state index in [1.54, 1.807) is 30.3 Å². The summed E-state index contributed by atoms with van der Waals surface area (Å²) in [5.74, 6) is -2.43. The van der Waals surface area contributed by atoms with Crippen LogP contribution in [0.25, 0.3) is 11.0 Å². The van der Waals surface area contributed by atoms with Crippen molar-refractivity contribution in [2.75, 3.05) is 0 Å². The van der Waals surface area contributed by atoms with E-state index in [-0.39, 0.29) is 34.1 Å². The molecule has 0 aliphatic carbocycles. The quantitative estimate of drug-likeness (QED) is 0.296. The number of hydrogen-bond acceptors (Lipinski definition) is 4. The summed E-state index contributed by atoms with van der Waals surface area (Å²) < 4.78 is 57.0. The zero-order valence-electron chi connectivity index (χ0n) is 16.1. The number of para-hydroxylation sites is 1. The molecule has 0 amide bonds. The molecule has 0 saturated carbocycles. The minimum absolute atomic E-state index is 0.0473. The second-order valence-corrected chi connectivity index (χ2v) is 7.54. The Morgan fingerprint density at radius 3 is 2.34 bits per heavy atom. The highest BCUT2D eigenvalue weighted by Gasteiger charge is 2.40. The summed E-state index contributed by atoms with van der Waals surface area (Å²) in [7, 11) is 0. The number of alkyl halides is 3. The molecule has 0 unspecified atom stereocenters. The lowest BCUT2D eigenvalue weighted by molar-refractivity contribution is -0.154. The summed E-state index contributed by atoms with van der Waals surface area (Å²) in [5.41, 5.74) is -0.472. The van der Waals surface area contributed by atoms with E-state index < -0.39 is 23.1 Å². The van der Waals surface area contributed by atoms with Crippen LogP contribution in [0.1, 0.15) is 11.3 Å². The number of halogens is 5. The lowest BCUT2D eigenvalue weighted by Crippen LogP contribution is -2.15. The summed E-state index contributed by atoms with van der Waals surface area (Å²) in [6, 6.07) is 16.8. The van der Waals surface area contributed by atoms with Gasteiger partial charge in [-0.2, -0.15) is 13.2 Å². The van der Waals surface area contributed by atoms with Crippen molar-refractivity contribution in [2.24, 2.45) is 0 Å². The van der Waals surface area contributed by atoms with Crippen LogP contribution >= 0.6 is 23.2 Å². The van der Waals surface area contributed by atoms with Crippen LogP contribution in [0.2, 0.25) is 10.0 Å². The highest BCUT2D eigenvalue weighted by molar-refractivity contribution is 6.32. The van der Waals surface area contributed by atoms with Crippen LogP contribution in [-0.4, -0.2) is 0 Å². The molecule has 32 heavy (non-hydrogen) atoms. The Morgan fingerprint density at radius 2 is 1.66 bits per heavy atom. The van der Waals surface area contributed by atoms with Gasteiger partial charge in [0, 0.05) is 11.1 Å². The highest BCUT2D eigenvalue weighted by atomic mass is 35.5. The Hall–Kier alpha value is -3.16. The SMILES string of the molecule is O=c1c(Oc2ccccc2Cl)c(C(F)(F)F)oc2cc(OCc3ccc(Cl)cc3)ccc12. The molecule has 0 N–H and O–H groups in total. The summed E-state index contributed by atoms with van der Waals surface area (Å²) >= 11 is 11.8. The number of ether oxygens (including phenoxy) is 2. The fourth-order valence-corrected chi connectivity index (χ4v) is 3.21. The van der Waals surface area contributed by atoms with E-state index in [9.17, 15) is 18.0 Å². The topological polar surface area (TPSA) is 48.7 Å². The molecule has 4 rings (SSSR count). The van der Waals surface area contributed by atoms with Crippen LogP contribution in [0.5, 0.6) is 17.2 Å². The predicted molar refractivity (Wildman–Crippen MR) is 115 cm³/mol. The minimum Gasteiger partial charge on any atom is -0.489 e.